The maximum Gasteiger partial charge on any atom is 0.243 e. The standard InChI is InChI=1S/C13H16N2O3S/c1-15(12-6-8-18-9-7-12)19(16,17)13-4-2-11(10-14)3-5-13/h2-5,12H,6-9H2,1H3. The van der Waals surface area contributed by atoms with Crippen LogP contribution in [0.3, 0.4) is 0 Å². The van der Waals surface area contributed by atoms with E-state index in [-0.39, 0.29) is 10.9 Å². The molecule has 5 nitrogen and oxygen atoms in total. The van der Waals surface area contributed by atoms with Crippen molar-refractivity contribution in [1.29, 1.82) is 5.26 Å². The summed E-state index contributed by atoms with van der Waals surface area (Å²) in [6.45, 7) is 1.19. The number of nitriles is 1. The van der Waals surface area contributed by atoms with Crippen LogP contribution in [0.4, 0.5) is 0 Å². The molecule has 1 aliphatic heterocycles. The van der Waals surface area contributed by atoms with E-state index in [1.807, 2.05) is 6.07 Å². The number of sulfonamides is 1. The number of benzene rings is 1. The molecule has 0 spiro atoms. The van der Waals surface area contributed by atoms with Gasteiger partial charge in [0.15, 0.2) is 0 Å². The zero-order valence-corrected chi connectivity index (χ0v) is 11.6. The fourth-order valence-electron chi connectivity index (χ4n) is 2.11. The van der Waals surface area contributed by atoms with Crippen LogP contribution in [0.15, 0.2) is 29.2 Å². The van der Waals surface area contributed by atoms with Gasteiger partial charge in [-0.25, -0.2) is 8.42 Å². The van der Waals surface area contributed by atoms with E-state index in [0.29, 0.717) is 31.6 Å². The van der Waals surface area contributed by atoms with Gasteiger partial charge in [-0.3, -0.25) is 0 Å². The first-order valence-electron chi connectivity index (χ1n) is 6.11. The second-order valence-electron chi connectivity index (χ2n) is 4.50. The Balaban J connectivity index is 2.22. The number of nitrogens with zero attached hydrogens (tertiary/aromatic N) is 2. The molecule has 1 heterocycles. The van der Waals surface area contributed by atoms with E-state index >= 15 is 0 Å². The molecule has 0 saturated carbocycles. The largest absolute Gasteiger partial charge is 0.381 e. The highest BCUT2D eigenvalue weighted by molar-refractivity contribution is 7.89. The number of ether oxygens (including phenoxy) is 1. The molecule has 0 aliphatic carbocycles. The third kappa shape index (κ3) is 2.95. The highest BCUT2D eigenvalue weighted by Gasteiger charge is 2.29. The SMILES string of the molecule is CN(C1CCOCC1)S(=O)(=O)c1ccc(C#N)cc1. The normalized spacial score (nSPS) is 17.3. The molecule has 19 heavy (non-hydrogen) atoms. The van der Waals surface area contributed by atoms with E-state index in [4.69, 9.17) is 10.00 Å². The first-order chi connectivity index (χ1) is 9.05. The minimum absolute atomic E-state index is 0.0191. The van der Waals surface area contributed by atoms with E-state index in [0.717, 1.165) is 0 Å². The van der Waals surface area contributed by atoms with Gasteiger partial charge >= 0.3 is 0 Å². The van der Waals surface area contributed by atoms with E-state index < -0.39 is 10.0 Å². The predicted molar refractivity (Wildman–Crippen MR) is 69.9 cm³/mol. The highest BCUT2D eigenvalue weighted by atomic mass is 32.2. The second kappa shape index (κ2) is 5.70. The topological polar surface area (TPSA) is 70.4 Å². The zero-order chi connectivity index (χ0) is 13.9. The van der Waals surface area contributed by atoms with Gasteiger partial charge in [0.25, 0.3) is 0 Å². The second-order valence-corrected chi connectivity index (χ2v) is 6.50. The fourth-order valence-corrected chi connectivity index (χ4v) is 3.53. The van der Waals surface area contributed by atoms with Crippen LogP contribution in [0.5, 0.6) is 0 Å². The Morgan fingerprint density at radius 1 is 1.26 bits per heavy atom. The Hall–Kier alpha value is -1.42. The Morgan fingerprint density at radius 2 is 1.84 bits per heavy atom. The molecular formula is C13H16N2O3S. The van der Waals surface area contributed by atoms with Crippen molar-refractivity contribution < 1.29 is 13.2 Å². The summed E-state index contributed by atoms with van der Waals surface area (Å²) in [6.07, 6.45) is 1.43. The molecule has 0 aromatic heterocycles. The monoisotopic (exact) mass is 280 g/mol. The molecule has 1 aromatic rings. The Labute approximate surface area is 113 Å². The summed E-state index contributed by atoms with van der Waals surface area (Å²) >= 11 is 0. The molecule has 0 bridgehead atoms. The summed E-state index contributed by atoms with van der Waals surface area (Å²) < 4.78 is 31.5. The smallest absolute Gasteiger partial charge is 0.243 e. The number of rotatable bonds is 3. The van der Waals surface area contributed by atoms with Crippen LogP contribution in [-0.4, -0.2) is 39.0 Å². The lowest BCUT2D eigenvalue weighted by Crippen LogP contribution is -2.40. The van der Waals surface area contributed by atoms with Gasteiger partial charge < -0.3 is 4.74 Å². The molecular weight excluding hydrogens is 264 g/mol. The van der Waals surface area contributed by atoms with Crippen LogP contribution in [0.2, 0.25) is 0 Å². The van der Waals surface area contributed by atoms with Gasteiger partial charge in [0.2, 0.25) is 10.0 Å². The van der Waals surface area contributed by atoms with Crippen molar-refractivity contribution in [3.63, 3.8) is 0 Å². The van der Waals surface area contributed by atoms with Gasteiger partial charge in [-0.2, -0.15) is 9.57 Å². The van der Waals surface area contributed by atoms with Crippen molar-refractivity contribution in [1.82, 2.24) is 4.31 Å². The summed E-state index contributed by atoms with van der Waals surface area (Å²) in [5.41, 5.74) is 0.452. The molecule has 0 atom stereocenters. The first-order valence-corrected chi connectivity index (χ1v) is 7.55. The fraction of sp³-hybridized carbons (Fsp3) is 0.462. The highest BCUT2D eigenvalue weighted by Crippen LogP contribution is 2.21. The summed E-state index contributed by atoms with van der Waals surface area (Å²) in [4.78, 5) is 0.223. The van der Waals surface area contributed by atoms with Crippen LogP contribution < -0.4 is 0 Å². The van der Waals surface area contributed by atoms with Crippen LogP contribution >= 0.6 is 0 Å². The molecule has 0 radical (unpaired) electrons. The van der Waals surface area contributed by atoms with E-state index in [1.54, 1.807) is 7.05 Å². The van der Waals surface area contributed by atoms with Gasteiger partial charge in [0, 0.05) is 26.3 Å². The minimum atomic E-state index is -3.50. The summed E-state index contributed by atoms with van der Waals surface area (Å²) in [6, 6.07) is 7.94. The molecule has 1 saturated heterocycles. The van der Waals surface area contributed by atoms with Crippen LogP contribution in [0, 0.1) is 11.3 Å². The third-order valence-electron chi connectivity index (χ3n) is 3.37. The molecule has 102 valence electrons. The first kappa shape index (κ1) is 14.0. The maximum absolute atomic E-state index is 12.4. The number of hydrogen-bond donors (Lipinski definition) is 0. The van der Waals surface area contributed by atoms with E-state index in [1.165, 1.54) is 28.6 Å². The van der Waals surface area contributed by atoms with Crippen molar-refractivity contribution in [2.24, 2.45) is 0 Å². The maximum atomic E-state index is 12.4. The molecule has 2 rings (SSSR count). The van der Waals surface area contributed by atoms with Crippen molar-refractivity contribution in [3.8, 4) is 6.07 Å². The van der Waals surface area contributed by atoms with E-state index in [2.05, 4.69) is 0 Å². The minimum Gasteiger partial charge on any atom is -0.381 e. The van der Waals surface area contributed by atoms with Gasteiger partial charge in [0.05, 0.1) is 16.5 Å². The van der Waals surface area contributed by atoms with Gasteiger partial charge in [-0.05, 0) is 37.1 Å². The van der Waals surface area contributed by atoms with Crippen molar-refractivity contribution >= 4 is 10.0 Å². The van der Waals surface area contributed by atoms with Crippen LogP contribution in [0.25, 0.3) is 0 Å². The molecule has 0 amide bonds. The molecule has 0 N–H and O–H groups in total. The Morgan fingerprint density at radius 3 is 2.37 bits per heavy atom. The summed E-state index contributed by atoms with van der Waals surface area (Å²) in [5, 5.41) is 8.72. The third-order valence-corrected chi connectivity index (χ3v) is 5.29. The van der Waals surface area contributed by atoms with Gasteiger partial charge in [-0.1, -0.05) is 0 Å². The molecule has 0 unspecified atom stereocenters. The molecule has 1 aromatic carbocycles. The average molecular weight is 280 g/mol. The molecule has 6 heteroatoms. The molecule has 1 fully saturated rings. The molecule has 1 aliphatic rings. The lowest BCUT2D eigenvalue weighted by Gasteiger charge is -2.30. The van der Waals surface area contributed by atoms with Gasteiger partial charge in [-0.15, -0.1) is 0 Å². The lowest BCUT2D eigenvalue weighted by atomic mass is 10.1. The average Bonchev–Trinajstić information content (AvgIpc) is 2.47. The van der Waals surface area contributed by atoms with Crippen molar-refractivity contribution in [2.45, 2.75) is 23.8 Å². The zero-order valence-electron chi connectivity index (χ0n) is 10.7. The lowest BCUT2D eigenvalue weighted by molar-refractivity contribution is 0.0632. The van der Waals surface area contributed by atoms with Crippen LogP contribution in [-0.2, 0) is 14.8 Å². The predicted octanol–water partition coefficient (Wildman–Crippen LogP) is 1.36. The Bertz CT molecular complexity index is 569. The van der Waals surface area contributed by atoms with Gasteiger partial charge in [0.1, 0.15) is 0 Å². The quantitative estimate of drug-likeness (QED) is 0.838. The summed E-state index contributed by atoms with van der Waals surface area (Å²) in [5.74, 6) is 0. The summed E-state index contributed by atoms with van der Waals surface area (Å²) in [7, 11) is -1.89. The number of hydrogen-bond acceptors (Lipinski definition) is 4. The van der Waals surface area contributed by atoms with Crippen molar-refractivity contribution in [2.75, 3.05) is 20.3 Å². The van der Waals surface area contributed by atoms with E-state index in [9.17, 15) is 8.42 Å². The Kier molecular flexibility index (Phi) is 4.20. The van der Waals surface area contributed by atoms with Crippen LogP contribution in [0.1, 0.15) is 18.4 Å². The van der Waals surface area contributed by atoms with Crippen molar-refractivity contribution in [3.05, 3.63) is 29.8 Å².